The van der Waals surface area contributed by atoms with E-state index < -0.39 is 0 Å². The fourth-order valence-electron chi connectivity index (χ4n) is 2.57. The van der Waals surface area contributed by atoms with Gasteiger partial charge in [0.05, 0.1) is 22.6 Å². The zero-order valence-corrected chi connectivity index (χ0v) is 12.8. The van der Waals surface area contributed by atoms with Gasteiger partial charge in [0.2, 0.25) is 0 Å². The lowest BCUT2D eigenvalue weighted by Crippen LogP contribution is -2.01. The van der Waals surface area contributed by atoms with Crippen LogP contribution >= 0.6 is 22.9 Å². The van der Waals surface area contributed by atoms with Crippen LogP contribution in [0.25, 0.3) is 10.6 Å². The van der Waals surface area contributed by atoms with Crippen molar-refractivity contribution in [3.63, 3.8) is 0 Å². The molecule has 0 aliphatic carbocycles. The summed E-state index contributed by atoms with van der Waals surface area (Å²) in [6.45, 7) is 2.67. The first-order valence-corrected chi connectivity index (χ1v) is 7.99. The molecule has 2 aromatic heterocycles. The van der Waals surface area contributed by atoms with Crippen LogP contribution in [0.3, 0.4) is 0 Å². The van der Waals surface area contributed by atoms with Crippen molar-refractivity contribution in [2.75, 3.05) is 0 Å². The maximum atomic E-state index is 5.95. The van der Waals surface area contributed by atoms with Crippen LogP contribution in [0.15, 0.2) is 35.8 Å². The molecule has 0 fully saturated rings. The number of hydrogen-bond acceptors (Lipinski definition) is 4. The second kappa shape index (κ2) is 5.26. The van der Waals surface area contributed by atoms with Crippen LogP contribution in [-0.2, 0) is 19.6 Å². The van der Waals surface area contributed by atoms with Gasteiger partial charge >= 0.3 is 0 Å². The van der Waals surface area contributed by atoms with Crippen molar-refractivity contribution in [1.29, 1.82) is 0 Å². The molecule has 1 N–H and O–H groups in total. The van der Waals surface area contributed by atoms with Crippen LogP contribution in [0.4, 0.5) is 0 Å². The first kappa shape index (κ1) is 13.0. The zero-order chi connectivity index (χ0) is 14.2. The Balaban J connectivity index is 1.56. The van der Waals surface area contributed by atoms with Crippen molar-refractivity contribution in [1.82, 2.24) is 20.3 Å². The van der Waals surface area contributed by atoms with Gasteiger partial charge in [-0.2, -0.15) is 0 Å². The van der Waals surface area contributed by atoms with Crippen molar-refractivity contribution < 1.29 is 0 Å². The van der Waals surface area contributed by atoms with E-state index in [2.05, 4.69) is 33.8 Å². The third-order valence-corrected chi connectivity index (χ3v) is 4.91. The molecular weight excluding hydrogens is 304 g/mol. The normalized spacial score (nSPS) is 13.6. The highest BCUT2D eigenvalue weighted by Gasteiger charge is 2.11. The minimum Gasteiger partial charge on any atom is -0.309 e. The minimum absolute atomic E-state index is 0.736. The molecule has 0 radical (unpaired) electrons. The van der Waals surface area contributed by atoms with Gasteiger partial charge in [0.15, 0.2) is 0 Å². The Labute approximate surface area is 131 Å². The summed E-state index contributed by atoms with van der Waals surface area (Å²) in [7, 11) is 0. The quantitative estimate of drug-likeness (QED) is 0.806. The lowest BCUT2D eigenvalue weighted by atomic mass is 10.1. The Kier molecular flexibility index (Phi) is 3.25. The third kappa shape index (κ3) is 2.60. The van der Waals surface area contributed by atoms with E-state index >= 15 is 0 Å². The van der Waals surface area contributed by atoms with Gasteiger partial charge in [0.1, 0.15) is 5.69 Å². The van der Waals surface area contributed by atoms with Crippen LogP contribution in [0.2, 0.25) is 5.02 Å². The molecule has 106 valence electrons. The molecule has 0 amide bonds. The van der Waals surface area contributed by atoms with Crippen molar-refractivity contribution in [3.05, 3.63) is 57.6 Å². The summed E-state index contributed by atoms with van der Waals surface area (Å²) < 4.78 is 1.87. The van der Waals surface area contributed by atoms with E-state index in [9.17, 15) is 0 Å². The van der Waals surface area contributed by atoms with E-state index in [4.69, 9.17) is 11.6 Å². The van der Waals surface area contributed by atoms with Gasteiger partial charge in [-0.1, -0.05) is 35.0 Å². The number of nitrogens with zero attached hydrogens (tertiary/aromatic N) is 3. The molecule has 21 heavy (non-hydrogen) atoms. The molecule has 6 heteroatoms. The molecular formula is C15H13ClN4S. The number of thiophene rings is 1. The molecule has 0 bridgehead atoms. The first-order valence-electron chi connectivity index (χ1n) is 6.74. The molecule has 0 saturated heterocycles. The molecule has 0 saturated carbocycles. The predicted octanol–water partition coefficient (Wildman–Crippen LogP) is 3.31. The van der Waals surface area contributed by atoms with Gasteiger partial charge in [-0.25, -0.2) is 4.68 Å². The number of aromatic nitrogens is 3. The number of nitrogens with one attached hydrogen (secondary N) is 1. The third-order valence-electron chi connectivity index (χ3n) is 3.60. The summed E-state index contributed by atoms with van der Waals surface area (Å²) in [6.07, 6.45) is 1.97. The number of benzene rings is 1. The predicted molar refractivity (Wildman–Crippen MR) is 84.4 cm³/mol. The van der Waals surface area contributed by atoms with Crippen LogP contribution in [0.5, 0.6) is 0 Å². The molecule has 3 heterocycles. The lowest BCUT2D eigenvalue weighted by Gasteiger charge is -2.04. The van der Waals surface area contributed by atoms with E-state index in [-0.39, 0.29) is 0 Å². The standard InChI is InChI=1S/C15H13ClN4S/c16-13-4-15(21-9-13)14-8-20(19-18-14)7-10-1-2-11-5-17-6-12(11)3-10/h1-4,8-9,17H,5-7H2. The van der Waals surface area contributed by atoms with Crippen LogP contribution in [-0.4, -0.2) is 15.0 Å². The summed E-state index contributed by atoms with van der Waals surface area (Å²) in [5.74, 6) is 0. The topological polar surface area (TPSA) is 42.7 Å². The average molecular weight is 317 g/mol. The lowest BCUT2D eigenvalue weighted by molar-refractivity contribution is 0.649. The molecule has 1 aromatic carbocycles. The smallest absolute Gasteiger partial charge is 0.123 e. The molecule has 0 atom stereocenters. The van der Waals surface area contributed by atoms with Gasteiger partial charge in [0, 0.05) is 18.5 Å². The highest BCUT2D eigenvalue weighted by atomic mass is 35.5. The second-order valence-corrected chi connectivity index (χ2v) is 6.48. The van der Waals surface area contributed by atoms with Gasteiger partial charge in [-0.3, -0.25) is 0 Å². The van der Waals surface area contributed by atoms with Gasteiger partial charge in [-0.15, -0.1) is 16.4 Å². The van der Waals surface area contributed by atoms with E-state index in [1.54, 1.807) is 11.3 Å². The van der Waals surface area contributed by atoms with Crippen molar-refractivity contribution in [2.45, 2.75) is 19.6 Å². The summed E-state index contributed by atoms with van der Waals surface area (Å²) in [4.78, 5) is 1.05. The Morgan fingerprint density at radius 2 is 2.14 bits per heavy atom. The average Bonchev–Trinajstić information content (AvgIpc) is 3.18. The summed E-state index contributed by atoms with van der Waals surface area (Å²) >= 11 is 7.53. The van der Waals surface area contributed by atoms with Crippen LogP contribution in [0, 0.1) is 0 Å². The van der Waals surface area contributed by atoms with Gasteiger partial charge in [0.25, 0.3) is 0 Å². The summed E-state index contributed by atoms with van der Waals surface area (Å²) in [5, 5.41) is 14.4. The SMILES string of the molecule is Clc1csc(-c2cn(Cc3ccc4c(c3)CNC4)nn2)c1. The summed E-state index contributed by atoms with van der Waals surface area (Å²) in [5.41, 5.74) is 4.90. The van der Waals surface area contributed by atoms with E-state index in [1.807, 2.05) is 22.3 Å². The maximum absolute atomic E-state index is 5.95. The first-order chi connectivity index (χ1) is 10.3. The molecule has 4 rings (SSSR count). The van der Waals surface area contributed by atoms with Crippen LogP contribution in [0.1, 0.15) is 16.7 Å². The number of hydrogen-bond donors (Lipinski definition) is 1. The molecule has 0 unspecified atom stereocenters. The number of rotatable bonds is 3. The Morgan fingerprint density at radius 3 is 3.00 bits per heavy atom. The van der Waals surface area contributed by atoms with E-state index in [0.717, 1.165) is 35.2 Å². The molecule has 1 aliphatic rings. The largest absolute Gasteiger partial charge is 0.309 e. The Hall–Kier alpha value is -1.69. The fourth-order valence-corrected chi connectivity index (χ4v) is 3.59. The molecule has 1 aliphatic heterocycles. The Morgan fingerprint density at radius 1 is 1.24 bits per heavy atom. The number of fused-ring (bicyclic) bond motifs is 1. The highest BCUT2D eigenvalue weighted by Crippen LogP contribution is 2.28. The second-order valence-electron chi connectivity index (χ2n) is 5.14. The Bertz CT molecular complexity index is 793. The fraction of sp³-hybridized carbons (Fsp3) is 0.200. The molecule has 3 aromatic rings. The highest BCUT2D eigenvalue weighted by molar-refractivity contribution is 7.14. The maximum Gasteiger partial charge on any atom is 0.123 e. The minimum atomic E-state index is 0.736. The molecule has 0 spiro atoms. The van der Waals surface area contributed by atoms with Crippen molar-refractivity contribution in [3.8, 4) is 10.6 Å². The monoisotopic (exact) mass is 316 g/mol. The van der Waals surface area contributed by atoms with E-state index in [1.165, 1.54) is 16.7 Å². The van der Waals surface area contributed by atoms with Gasteiger partial charge in [-0.05, 0) is 22.8 Å². The van der Waals surface area contributed by atoms with Crippen LogP contribution < -0.4 is 5.32 Å². The molecule has 4 nitrogen and oxygen atoms in total. The summed E-state index contributed by atoms with van der Waals surface area (Å²) in [6, 6.07) is 8.52. The van der Waals surface area contributed by atoms with Crippen molar-refractivity contribution in [2.24, 2.45) is 0 Å². The number of halogens is 1. The van der Waals surface area contributed by atoms with Gasteiger partial charge < -0.3 is 5.32 Å². The zero-order valence-electron chi connectivity index (χ0n) is 11.2. The van der Waals surface area contributed by atoms with Crippen molar-refractivity contribution >= 4 is 22.9 Å². The van der Waals surface area contributed by atoms with E-state index in [0.29, 0.717) is 0 Å².